The van der Waals surface area contributed by atoms with Gasteiger partial charge < -0.3 is 0 Å². The number of hydrogen-bond acceptors (Lipinski definition) is 3. The summed E-state index contributed by atoms with van der Waals surface area (Å²) in [5, 5.41) is 2.96. The van der Waals surface area contributed by atoms with Crippen LogP contribution < -0.4 is 0 Å². The van der Waals surface area contributed by atoms with Crippen molar-refractivity contribution >= 4 is 11.8 Å². The van der Waals surface area contributed by atoms with E-state index in [1.165, 1.54) is 37.1 Å². The largest absolute Gasteiger partial charge is 0.273 e. The average molecular weight is 278 g/mol. The molecule has 2 atom stereocenters. The molecule has 20 heavy (non-hydrogen) atoms. The molecule has 1 heterocycles. The second-order valence-corrected chi connectivity index (χ2v) is 7.35. The first-order valence-electron chi connectivity index (χ1n) is 8.04. The molecule has 0 aromatic rings. The van der Waals surface area contributed by atoms with Gasteiger partial charge in [-0.05, 0) is 36.5 Å². The number of carbonyl (C=O) groups excluding carboxylic acids is 2. The normalized spacial score (nSPS) is 33.6. The highest BCUT2D eigenvalue weighted by atomic mass is 16.2. The molecule has 4 heteroatoms. The van der Waals surface area contributed by atoms with Crippen molar-refractivity contribution in [2.24, 2.45) is 17.3 Å². The van der Waals surface area contributed by atoms with Gasteiger partial charge in [-0.15, -0.1) is 0 Å². The summed E-state index contributed by atoms with van der Waals surface area (Å²) in [4.78, 5) is 24.7. The summed E-state index contributed by atoms with van der Waals surface area (Å²) in [6, 6.07) is 0. The van der Waals surface area contributed by atoms with Gasteiger partial charge in [-0.3, -0.25) is 9.59 Å². The van der Waals surface area contributed by atoms with Crippen molar-refractivity contribution in [3.63, 3.8) is 0 Å². The molecular formula is C16H26N2O2. The number of carbonyl (C=O) groups is 2. The van der Waals surface area contributed by atoms with Gasteiger partial charge in [0.05, 0.1) is 0 Å². The predicted molar refractivity (Wildman–Crippen MR) is 76.5 cm³/mol. The minimum Gasteiger partial charge on any atom is -0.273 e. The van der Waals surface area contributed by atoms with Crippen LogP contribution in [-0.2, 0) is 9.59 Å². The topological polar surface area (TPSA) is 40.6 Å². The highest BCUT2D eigenvalue weighted by molar-refractivity contribution is 5.97. The molecule has 0 N–H and O–H groups in total. The Morgan fingerprint density at radius 2 is 1.60 bits per heavy atom. The van der Waals surface area contributed by atoms with Crippen LogP contribution in [0.1, 0.15) is 57.8 Å². The molecule has 0 unspecified atom stereocenters. The van der Waals surface area contributed by atoms with E-state index >= 15 is 0 Å². The van der Waals surface area contributed by atoms with Gasteiger partial charge >= 0.3 is 0 Å². The first kappa shape index (κ1) is 14.1. The smallest absolute Gasteiger partial charge is 0.244 e. The van der Waals surface area contributed by atoms with Crippen LogP contribution in [-0.4, -0.2) is 35.9 Å². The van der Waals surface area contributed by atoms with E-state index in [1.54, 1.807) is 19.1 Å². The van der Waals surface area contributed by atoms with Gasteiger partial charge in [0.1, 0.15) is 0 Å². The maximum atomic E-state index is 12.3. The lowest BCUT2D eigenvalue weighted by atomic mass is 9.58. The Labute approximate surface area is 121 Å². The highest BCUT2D eigenvalue weighted by Crippen LogP contribution is 2.53. The molecule has 2 aliphatic carbocycles. The lowest BCUT2D eigenvalue weighted by Crippen LogP contribution is -2.54. The van der Waals surface area contributed by atoms with Crippen LogP contribution in [0.15, 0.2) is 0 Å². The zero-order chi connectivity index (χ0) is 14.3. The first-order valence-corrected chi connectivity index (χ1v) is 8.04. The Kier molecular flexibility index (Phi) is 3.61. The van der Waals surface area contributed by atoms with E-state index in [-0.39, 0.29) is 17.2 Å². The molecule has 2 amide bonds. The van der Waals surface area contributed by atoms with E-state index in [0.717, 1.165) is 24.7 Å². The molecule has 0 aromatic carbocycles. The fourth-order valence-electron chi connectivity index (χ4n) is 4.84. The number of imide groups is 1. The molecule has 0 aromatic heterocycles. The van der Waals surface area contributed by atoms with Crippen molar-refractivity contribution in [3.05, 3.63) is 0 Å². The zero-order valence-electron chi connectivity index (χ0n) is 12.7. The van der Waals surface area contributed by atoms with Gasteiger partial charge in [0, 0.05) is 26.9 Å². The van der Waals surface area contributed by atoms with Gasteiger partial charge in [0.2, 0.25) is 11.8 Å². The number of rotatable bonds is 1. The standard InChI is InChI=1S/C16H26N2O2/c1-17(2)18-14(19)10-16(11-15(18)20)8-7-12-5-3-4-6-13(12)9-16/h12-13H,3-11H2,1-2H3/t12-,13+/m1/s1. The molecule has 4 nitrogen and oxygen atoms in total. The van der Waals surface area contributed by atoms with Gasteiger partial charge in [-0.25, -0.2) is 10.0 Å². The molecule has 1 aliphatic heterocycles. The summed E-state index contributed by atoms with van der Waals surface area (Å²) in [5.41, 5.74) is -0.0147. The van der Waals surface area contributed by atoms with Crippen molar-refractivity contribution in [3.8, 4) is 0 Å². The first-order chi connectivity index (χ1) is 9.51. The van der Waals surface area contributed by atoms with Crippen LogP contribution >= 0.6 is 0 Å². The van der Waals surface area contributed by atoms with Crippen LogP contribution in [0, 0.1) is 17.3 Å². The Morgan fingerprint density at radius 1 is 1.00 bits per heavy atom. The van der Waals surface area contributed by atoms with Gasteiger partial charge in [-0.1, -0.05) is 25.7 Å². The summed E-state index contributed by atoms with van der Waals surface area (Å²) >= 11 is 0. The Hall–Kier alpha value is -0.900. The number of amides is 2. The second kappa shape index (κ2) is 5.14. The Balaban J connectivity index is 1.74. The van der Waals surface area contributed by atoms with Gasteiger partial charge in [0.25, 0.3) is 0 Å². The van der Waals surface area contributed by atoms with E-state index in [2.05, 4.69) is 0 Å². The van der Waals surface area contributed by atoms with Crippen molar-refractivity contribution in [2.75, 3.05) is 14.1 Å². The van der Waals surface area contributed by atoms with Crippen molar-refractivity contribution in [2.45, 2.75) is 57.8 Å². The van der Waals surface area contributed by atoms with Crippen molar-refractivity contribution in [1.29, 1.82) is 0 Å². The van der Waals surface area contributed by atoms with Crippen LogP contribution in [0.4, 0.5) is 0 Å². The number of hydrazine groups is 1. The van der Waals surface area contributed by atoms with E-state index in [0.29, 0.717) is 12.8 Å². The number of nitrogens with zero attached hydrogens (tertiary/aromatic N) is 2. The minimum absolute atomic E-state index is 0.000472. The molecule has 0 bridgehead atoms. The number of piperidine rings is 1. The molecule has 2 saturated carbocycles. The molecule has 3 rings (SSSR count). The third-order valence-electron chi connectivity index (χ3n) is 5.73. The number of fused-ring (bicyclic) bond motifs is 1. The molecule has 3 fully saturated rings. The van der Waals surface area contributed by atoms with Gasteiger partial charge in [0.15, 0.2) is 0 Å². The van der Waals surface area contributed by atoms with Crippen LogP contribution in [0.5, 0.6) is 0 Å². The predicted octanol–water partition coefficient (Wildman–Crippen LogP) is 2.59. The molecule has 1 spiro atoms. The van der Waals surface area contributed by atoms with Crippen LogP contribution in [0.3, 0.4) is 0 Å². The lowest BCUT2D eigenvalue weighted by Gasteiger charge is -2.49. The fraction of sp³-hybridized carbons (Fsp3) is 0.875. The monoisotopic (exact) mass is 278 g/mol. The minimum atomic E-state index is -0.0147. The van der Waals surface area contributed by atoms with Crippen molar-refractivity contribution in [1.82, 2.24) is 10.0 Å². The molecule has 1 saturated heterocycles. The van der Waals surface area contributed by atoms with Gasteiger partial charge in [-0.2, -0.15) is 0 Å². The van der Waals surface area contributed by atoms with E-state index in [9.17, 15) is 9.59 Å². The quantitative estimate of drug-likeness (QED) is 0.692. The SMILES string of the molecule is CN(C)N1C(=O)CC2(CC[C@H]3CCCC[C@H]3C2)CC1=O. The highest BCUT2D eigenvalue weighted by Gasteiger charge is 2.48. The Morgan fingerprint density at radius 3 is 2.20 bits per heavy atom. The summed E-state index contributed by atoms with van der Waals surface area (Å²) in [6.07, 6.45) is 9.94. The molecular weight excluding hydrogens is 252 g/mol. The lowest BCUT2D eigenvalue weighted by molar-refractivity contribution is -0.172. The van der Waals surface area contributed by atoms with E-state index in [1.807, 2.05) is 0 Å². The Bertz CT molecular complexity index is 401. The average Bonchev–Trinajstić information content (AvgIpc) is 2.37. The maximum absolute atomic E-state index is 12.3. The van der Waals surface area contributed by atoms with E-state index < -0.39 is 0 Å². The summed E-state index contributed by atoms with van der Waals surface area (Å²) in [7, 11) is 3.54. The third kappa shape index (κ3) is 2.39. The summed E-state index contributed by atoms with van der Waals surface area (Å²) in [6.45, 7) is 0. The summed E-state index contributed by atoms with van der Waals surface area (Å²) < 4.78 is 0. The molecule has 0 radical (unpaired) electrons. The molecule has 3 aliphatic rings. The zero-order valence-corrected chi connectivity index (χ0v) is 12.7. The van der Waals surface area contributed by atoms with E-state index in [4.69, 9.17) is 0 Å². The maximum Gasteiger partial charge on any atom is 0.244 e. The second-order valence-electron chi connectivity index (χ2n) is 7.35. The van der Waals surface area contributed by atoms with Crippen LogP contribution in [0.25, 0.3) is 0 Å². The third-order valence-corrected chi connectivity index (χ3v) is 5.73. The number of hydrogen-bond donors (Lipinski definition) is 0. The van der Waals surface area contributed by atoms with Crippen LogP contribution in [0.2, 0.25) is 0 Å². The summed E-state index contributed by atoms with van der Waals surface area (Å²) in [5.74, 6) is 1.64. The fourth-order valence-corrected chi connectivity index (χ4v) is 4.84. The van der Waals surface area contributed by atoms with Crippen molar-refractivity contribution < 1.29 is 9.59 Å². The molecule has 112 valence electrons.